The third kappa shape index (κ3) is 9.54. The molecule has 3 saturated heterocycles. The Bertz CT molecular complexity index is 2320. The standard InChI is InChI=1S/C44H53N13O3/c1-30-24-32(8-9-33(30)26-47-41(59)38-29-57(52-51-38)44(2,3)4)37-12-16-45-42(49-37)48-34-10-11-39(46-27-34)55-22-20-53(21-23-55)28-31-13-17-54(18-14-31)35-6-5-7-36(25-35)56-19-15-40(58)50-43(56)60/h5-12,16,24-25,27,29,31H,13-15,17-23,26,28H2,1-4H3,(H,47,59)(H,45,48,49)(H,50,58,60). The highest BCUT2D eigenvalue weighted by Crippen LogP contribution is 2.29. The normalized spacial score (nSPS) is 16.8. The van der Waals surface area contributed by atoms with Gasteiger partial charge in [-0.1, -0.05) is 23.4 Å². The number of piperidine rings is 1. The van der Waals surface area contributed by atoms with Gasteiger partial charge in [-0.15, -0.1) is 5.10 Å². The molecule has 0 saturated carbocycles. The van der Waals surface area contributed by atoms with Crippen molar-refractivity contribution in [3.8, 4) is 11.3 Å². The van der Waals surface area contributed by atoms with Gasteiger partial charge in [-0.2, -0.15) is 0 Å². The van der Waals surface area contributed by atoms with Crippen LogP contribution in [0.2, 0.25) is 0 Å². The topological polar surface area (TPSA) is 170 Å². The summed E-state index contributed by atoms with van der Waals surface area (Å²) in [7, 11) is 0. The van der Waals surface area contributed by atoms with Crippen LogP contribution in [0.4, 0.5) is 33.6 Å². The predicted molar refractivity (Wildman–Crippen MR) is 231 cm³/mol. The summed E-state index contributed by atoms with van der Waals surface area (Å²) in [6.45, 7) is 15.8. The Morgan fingerprint density at radius 2 is 1.68 bits per heavy atom. The number of hydrogen-bond donors (Lipinski definition) is 3. The number of benzene rings is 2. The molecule has 0 atom stereocenters. The molecule has 3 aromatic heterocycles. The number of pyridine rings is 1. The van der Waals surface area contributed by atoms with E-state index in [0.717, 1.165) is 104 Å². The summed E-state index contributed by atoms with van der Waals surface area (Å²) in [5.41, 5.74) is 6.57. The van der Waals surface area contributed by atoms with E-state index in [-0.39, 0.29) is 29.1 Å². The Morgan fingerprint density at radius 1 is 0.883 bits per heavy atom. The first-order valence-electron chi connectivity index (χ1n) is 20.8. The van der Waals surface area contributed by atoms with E-state index in [2.05, 4.69) is 70.2 Å². The van der Waals surface area contributed by atoms with Crippen LogP contribution in [0.1, 0.15) is 61.6 Å². The van der Waals surface area contributed by atoms with E-state index in [0.29, 0.717) is 31.4 Å². The molecule has 0 bridgehead atoms. The molecule has 16 heteroatoms. The van der Waals surface area contributed by atoms with Gasteiger partial charge in [-0.25, -0.2) is 24.4 Å². The van der Waals surface area contributed by atoms with Gasteiger partial charge in [0.05, 0.1) is 29.3 Å². The van der Waals surface area contributed by atoms with Gasteiger partial charge in [-0.3, -0.25) is 24.7 Å². The van der Waals surface area contributed by atoms with Crippen molar-refractivity contribution < 1.29 is 14.4 Å². The van der Waals surface area contributed by atoms with Gasteiger partial charge in [0.2, 0.25) is 11.9 Å². The van der Waals surface area contributed by atoms with Crippen LogP contribution in [0, 0.1) is 12.8 Å². The van der Waals surface area contributed by atoms with Crippen molar-refractivity contribution in [2.75, 3.05) is 72.4 Å². The number of urea groups is 1. The van der Waals surface area contributed by atoms with Crippen molar-refractivity contribution in [3.63, 3.8) is 0 Å². The highest BCUT2D eigenvalue weighted by Gasteiger charge is 2.27. The molecule has 0 radical (unpaired) electrons. The Labute approximate surface area is 350 Å². The largest absolute Gasteiger partial charge is 0.371 e. The lowest BCUT2D eigenvalue weighted by Crippen LogP contribution is -2.49. The molecule has 16 nitrogen and oxygen atoms in total. The number of nitrogens with zero attached hydrogens (tertiary/aromatic N) is 10. The lowest BCUT2D eigenvalue weighted by molar-refractivity contribution is -0.120. The molecule has 6 heterocycles. The molecule has 5 aromatic rings. The molecular formula is C44H53N13O3. The predicted octanol–water partition coefficient (Wildman–Crippen LogP) is 5.35. The summed E-state index contributed by atoms with van der Waals surface area (Å²) >= 11 is 0. The molecule has 60 heavy (non-hydrogen) atoms. The average Bonchev–Trinajstić information content (AvgIpc) is 3.76. The zero-order valence-electron chi connectivity index (χ0n) is 34.8. The number of carbonyl (C=O) groups is 3. The molecule has 0 unspecified atom stereocenters. The maximum absolute atomic E-state index is 12.7. The Balaban J connectivity index is 0.781. The quantitative estimate of drug-likeness (QED) is 0.157. The third-order valence-electron chi connectivity index (χ3n) is 11.5. The van der Waals surface area contributed by atoms with Crippen molar-refractivity contribution in [2.45, 2.75) is 59.0 Å². The summed E-state index contributed by atoms with van der Waals surface area (Å²) < 4.78 is 1.69. The van der Waals surface area contributed by atoms with Crippen LogP contribution < -0.4 is 30.7 Å². The molecule has 8 rings (SSSR count). The van der Waals surface area contributed by atoms with E-state index in [1.54, 1.807) is 22.0 Å². The van der Waals surface area contributed by atoms with Crippen LogP contribution in [-0.2, 0) is 16.9 Å². The fourth-order valence-electron chi connectivity index (χ4n) is 7.94. The van der Waals surface area contributed by atoms with Crippen LogP contribution in [0.3, 0.4) is 0 Å². The number of anilines is 5. The van der Waals surface area contributed by atoms with Gasteiger partial charge < -0.3 is 20.4 Å². The average molecular weight is 812 g/mol. The molecule has 2 aromatic carbocycles. The van der Waals surface area contributed by atoms with Crippen LogP contribution in [0.25, 0.3) is 11.3 Å². The lowest BCUT2D eigenvalue weighted by Gasteiger charge is -2.40. The van der Waals surface area contributed by atoms with Gasteiger partial charge in [-0.05, 0) is 100 Å². The number of imide groups is 1. The van der Waals surface area contributed by atoms with Crippen LogP contribution in [-0.4, -0.2) is 105 Å². The second-order valence-corrected chi connectivity index (χ2v) is 16.8. The van der Waals surface area contributed by atoms with Crippen molar-refractivity contribution in [2.24, 2.45) is 5.92 Å². The fraction of sp³-hybridized carbons (Fsp3) is 0.409. The first kappa shape index (κ1) is 40.4. The van der Waals surface area contributed by atoms with Crippen LogP contribution >= 0.6 is 0 Å². The maximum Gasteiger partial charge on any atom is 0.328 e. The van der Waals surface area contributed by atoms with Gasteiger partial charge in [0.15, 0.2) is 5.69 Å². The molecule has 0 aliphatic carbocycles. The van der Waals surface area contributed by atoms with Gasteiger partial charge >= 0.3 is 6.03 Å². The monoisotopic (exact) mass is 811 g/mol. The minimum atomic E-state index is -0.350. The molecule has 0 spiro atoms. The van der Waals surface area contributed by atoms with E-state index in [4.69, 9.17) is 9.97 Å². The van der Waals surface area contributed by atoms with Crippen molar-refractivity contribution in [3.05, 3.63) is 96.1 Å². The summed E-state index contributed by atoms with van der Waals surface area (Å²) in [5.74, 6) is 1.61. The summed E-state index contributed by atoms with van der Waals surface area (Å²) in [6, 6.07) is 19.8. The summed E-state index contributed by atoms with van der Waals surface area (Å²) in [4.78, 5) is 59.7. The first-order valence-corrected chi connectivity index (χ1v) is 20.8. The number of amides is 4. The fourth-order valence-corrected chi connectivity index (χ4v) is 7.94. The molecule has 3 aliphatic heterocycles. The number of aromatic nitrogens is 6. The first-order chi connectivity index (χ1) is 28.9. The zero-order chi connectivity index (χ0) is 41.8. The van der Waals surface area contributed by atoms with Gasteiger partial charge in [0.25, 0.3) is 5.91 Å². The molecule has 3 N–H and O–H groups in total. The molecule has 3 aliphatic rings. The van der Waals surface area contributed by atoms with Gasteiger partial charge in [0, 0.05) is 88.5 Å². The van der Waals surface area contributed by atoms with Crippen molar-refractivity contribution in [1.29, 1.82) is 0 Å². The SMILES string of the molecule is Cc1cc(-c2ccnc(Nc3ccc(N4CCN(CC5CCN(c6cccc(N7CCC(=O)NC7=O)c6)CC5)CC4)nc3)n2)ccc1CNC(=O)c1cn(C(C)(C)C)nn1. The second kappa shape index (κ2) is 17.4. The van der Waals surface area contributed by atoms with Crippen LogP contribution in [0.15, 0.2) is 79.3 Å². The maximum atomic E-state index is 12.7. The summed E-state index contributed by atoms with van der Waals surface area (Å²) in [6.07, 6.45) is 7.82. The summed E-state index contributed by atoms with van der Waals surface area (Å²) in [5, 5.41) is 16.8. The van der Waals surface area contributed by atoms with E-state index >= 15 is 0 Å². The van der Waals surface area contributed by atoms with Crippen LogP contribution in [0.5, 0.6) is 0 Å². The Morgan fingerprint density at radius 3 is 2.40 bits per heavy atom. The number of aryl methyl sites for hydroxylation is 1. The highest BCUT2D eigenvalue weighted by atomic mass is 16.2. The zero-order valence-corrected chi connectivity index (χ0v) is 34.8. The van der Waals surface area contributed by atoms with E-state index in [1.807, 2.05) is 70.3 Å². The van der Waals surface area contributed by atoms with Crippen molar-refractivity contribution in [1.82, 2.24) is 45.5 Å². The number of piperazine rings is 1. The van der Waals surface area contributed by atoms with Crippen molar-refractivity contribution >= 4 is 46.7 Å². The smallest absolute Gasteiger partial charge is 0.328 e. The minimum Gasteiger partial charge on any atom is -0.371 e. The van der Waals surface area contributed by atoms with Gasteiger partial charge in [0.1, 0.15) is 5.82 Å². The molecular weight excluding hydrogens is 759 g/mol. The molecule has 3 fully saturated rings. The van der Waals surface area contributed by atoms with E-state index in [9.17, 15) is 14.4 Å². The lowest BCUT2D eigenvalue weighted by atomic mass is 9.95. The molecule has 312 valence electrons. The minimum absolute atomic E-state index is 0.220. The molecule has 4 amide bonds. The second-order valence-electron chi connectivity index (χ2n) is 16.8. The number of carbonyl (C=O) groups excluding carboxylic acids is 3. The highest BCUT2D eigenvalue weighted by molar-refractivity contribution is 6.05. The third-order valence-corrected chi connectivity index (χ3v) is 11.5. The number of nitrogens with one attached hydrogen (secondary N) is 3. The van der Waals surface area contributed by atoms with E-state index in [1.165, 1.54) is 0 Å². The Hall–Kier alpha value is -6.42. The number of hydrogen-bond acceptors (Lipinski definition) is 12. The number of rotatable bonds is 11. The van der Waals surface area contributed by atoms with E-state index < -0.39 is 0 Å². The Kier molecular flexibility index (Phi) is 11.7.